The summed E-state index contributed by atoms with van der Waals surface area (Å²) in [6, 6.07) is 13.6. The lowest BCUT2D eigenvalue weighted by Crippen LogP contribution is -2.61. The zero-order valence-corrected chi connectivity index (χ0v) is 16.3. The lowest BCUT2D eigenvalue weighted by molar-refractivity contribution is -0.298. The summed E-state index contributed by atoms with van der Waals surface area (Å²) >= 11 is 3.48. The maximum atomic E-state index is 10.3. The normalized spacial score (nSPS) is 38.6. The van der Waals surface area contributed by atoms with Crippen LogP contribution in [0, 0.1) is 62.1 Å². The second-order valence-corrected chi connectivity index (χ2v) is 8.50. The minimum atomic E-state index is -1.88. The highest BCUT2D eigenvalue weighted by molar-refractivity contribution is 9.10. The van der Waals surface area contributed by atoms with Crippen molar-refractivity contribution in [2.24, 2.45) is 22.7 Å². The molecule has 0 radical (unpaired) electrons. The number of nitriles is 3. The van der Waals surface area contributed by atoms with Crippen molar-refractivity contribution in [3.05, 3.63) is 34.3 Å². The van der Waals surface area contributed by atoms with Crippen LogP contribution in [0.1, 0.15) is 37.9 Å². The summed E-state index contributed by atoms with van der Waals surface area (Å²) in [5.41, 5.74) is -2.94. The maximum absolute atomic E-state index is 10.3. The van der Waals surface area contributed by atoms with E-state index in [9.17, 15) is 15.8 Å². The van der Waals surface area contributed by atoms with Crippen LogP contribution in [-0.4, -0.2) is 11.7 Å². The number of ether oxygens (including phenoxy) is 2. The van der Waals surface area contributed by atoms with Crippen LogP contribution in [0.25, 0.3) is 0 Å². The highest BCUT2D eigenvalue weighted by Gasteiger charge is 2.80. The molecule has 2 bridgehead atoms. The number of hydrogen-bond acceptors (Lipinski definition) is 6. The van der Waals surface area contributed by atoms with Crippen molar-refractivity contribution in [3.63, 3.8) is 0 Å². The molecule has 1 N–H and O–H groups in total. The third-order valence-corrected chi connectivity index (χ3v) is 7.08. The average molecular weight is 425 g/mol. The first-order chi connectivity index (χ1) is 12.9. The van der Waals surface area contributed by atoms with Crippen molar-refractivity contribution in [3.8, 4) is 18.2 Å². The molecule has 2 saturated heterocycles. The van der Waals surface area contributed by atoms with Gasteiger partial charge >= 0.3 is 0 Å². The van der Waals surface area contributed by atoms with Crippen LogP contribution in [0.15, 0.2) is 28.7 Å². The molecule has 0 spiro atoms. The van der Waals surface area contributed by atoms with Crippen LogP contribution in [0.5, 0.6) is 0 Å². The van der Waals surface area contributed by atoms with Gasteiger partial charge in [-0.05, 0) is 30.4 Å². The Morgan fingerprint density at radius 2 is 1.89 bits per heavy atom. The van der Waals surface area contributed by atoms with Crippen LogP contribution in [0.3, 0.4) is 0 Å². The van der Waals surface area contributed by atoms with E-state index in [1.165, 1.54) is 0 Å². The van der Waals surface area contributed by atoms with E-state index in [4.69, 9.17) is 14.9 Å². The quantitative estimate of drug-likeness (QED) is 0.724. The molecule has 1 saturated carbocycles. The van der Waals surface area contributed by atoms with Crippen LogP contribution in [-0.2, 0) is 9.47 Å². The van der Waals surface area contributed by atoms with E-state index in [1.807, 2.05) is 6.07 Å². The first-order valence-electron chi connectivity index (χ1n) is 8.85. The van der Waals surface area contributed by atoms with Gasteiger partial charge in [0.1, 0.15) is 6.10 Å². The highest BCUT2D eigenvalue weighted by Crippen LogP contribution is 2.70. The van der Waals surface area contributed by atoms with Crippen LogP contribution < -0.4 is 0 Å². The standard InChI is InChI=1S/C20H17BrN4O2/c1-12-6-7-20-15(8-12)19(11-24,17(25)27-20)18(9-22,10-23)16(26-20)13-4-2-3-5-14(13)21/h2-5,12,15-16,25H,6-8H2,1H3. The summed E-state index contributed by atoms with van der Waals surface area (Å²) in [6.07, 6.45) is 0.928. The van der Waals surface area contributed by atoms with Crippen molar-refractivity contribution >= 4 is 21.8 Å². The Labute approximate surface area is 165 Å². The molecule has 2 heterocycles. The molecule has 7 heteroatoms. The molecular weight excluding hydrogens is 408 g/mol. The molecular formula is C20H17BrN4O2. The van der Waals surface area contributed by atoms with Crippen molar-refractivity contribution < 1.29 is 9.47 Å². The lowest BCUT2D eigenvalue weighted by Gasteiger charge is -2.52. The molecule has 5 atom stereocenters. The second kappa shape index (κ2) is 5.80. The van der Waals surface area contributed by atoms with E-state index in [0.717, 1.165) is 6.42 Å². The predicted molar refractivity (Wildman–Crippen MR) is 97.7 cm³/mol. The summed E-state index contributed by atoms with van der Waals surface area (Å²) in [4.78, 5) is 0. The average Bonchev–Trinajstić information content (AvgIpc) is 2.86. The zero-order chi connectivity index (χ0) is 19.4. The molecule has 4 rings (SSSR count). The number of hydrogen-bond donors (Lipinski definition) is 1. The number of rotatable bonds is 1. The van der Waals surface area contributed by atoms with E-state index in [2.05, 4.69) is 41.1 Å². The van der Waals surface area contributed by atoms with Crippen molar-refractivity contribution in [2.75, 3.05) is 0 Å². The molecule has 0 amide bonds. The second-order valence-electron chi connectivity index (χ2n) is 7.65. The van der Waals surface area contributed by atoms with Gasteiger partial charge < -0.3 is 9.47 Å². The Balaban J connectivity index is 2.02. The number of halogens is 1. The largest absolute Gasteiger partial charge is 0.447 e. The summed E-state index contributed by atoms with van der Waals surface area (Å²) in [5.74, 6) is -1.69. The monoisotopic (exact) mass is 424 g/mol. The smallest absolute Gasteiger partial charge is 0.217 e. The van der Waals surface area contributed by atoms with Crippen molar-refractivity contribution in [1.82, 2.24) is 0 Å². The predicted octanol–water partition coefficient (Wildman–Crippen LogP) is 4.20. The van der Waals surface area contributed by atoms with E-state index in [1.54, 1.807) is 18.2 Å². The molecule has 5 unspecified atom stereocenters. The van der Waals surface area contributed by atoms with Crippen molar-refractivity contribution in [1.29, 1.82) is 21.2 Å². The van der Waals surface area contributed by atoms with Gasteiger partial charge in [0.15, 0.2) is 5.41 Å². The molecule has 1 aromatic rings. The van der Waals surface area contributed by atoms with Gasteiger partial charge in [-0.25, -0.2) is 0 Å². The summed E-state index contributed by atoms with van der Waals surface area (Å²) < 4.78 is 13.0. The number of nitrogens with zero attached hydrogens (tertiary/aromatic N) is 3. The topological polar surface area (TPSA) is 114 Å². The van der Waals surface area contributed by atoms with E-state index in [-0.39, 0.29) is 5.90 Å². The molecule has 0 aromatic heterocycles. The number of nitrogens with one attached hydrogen (secondary N) is 1. The molecule has 136 valence electrons. The van der Waals surface area contributed by atoms with Gasteiger partial charge in [0, 0.05) is 10.9 Å². The van der Waals surface area contributed by atoms with E-state index < -0.39 is 28.6 Å². The molecule has 27 heavy (non-hydrogen) atoms. The SMILES string of the molecule is CC1CCC23OC(=N)C(C#N)(C2C1)C(C#N)(C#N)C(c1ccccc1Br)O3. The minimum absolute atomic E-state index is 0.295. The molecule has 1 aromatic carbocycles. The first kappa shape index (κ1) is 18.0. The Kier molecular flexibility index (Phi) is 3.86. The third kappa shape index (κ3) is 1.98. The third-order valence-electron chi connectivity index (χ3n) is 6.36. The van der Waals surface area contributed by atoms with Crippen LogP contribution in [0.4, 0.5) is 0 Å². The van der Waals surface area contributed by atoms with Crippen molar-refractivity contribution in [2.45, 2.75) is 38.1 Å². The Morgan fingerprint density at radius 3 is 2.52 bits per heavy atom. The highest BCUT2D eigenvalue weighted by atomic mass is 79.9. The summed E-state index contributed by atoms with van der Waals surface area (Å²) in [6.45, 7) is 2.07. The first-order valence-corrected chi connectivity index (χ1v) is 9.64. The Bertz CT molecular complexity index is 944. The van der Waals surface area contributed by atoms with E-state index >= 15 is 0 Å². The fourth-order valence-corrected chi connectivity index (χ4v) is 5.49. The molecule has 1 aliphatic carbocycles. The van der Waals surface area contributed by atoms with Gasteiger partial charge in [-0.2, -0.15) is 15.8 Å². The summed E-state index contributed by atoms with van der Waals surface area (Å²) in [7, 11) is 0. The van der Waals surface area contributed by atoms with E-state index in [0.29, 0.717) is 28.8 Å². The van der Waals surface area contributed by atoms with Crippen LogP contribution in [0.2, 0.25) is 0 Å². The van der Waals surface area contributed by atoms with Gasteiger partial charge in [-0.1, -0.05) is 41.1 Å². The number of benzene rings is 1. The Hall–Kier alpha value is -2.40. The van der Waals surface area contributed by atoms with Gasteiger partial charge in [-0.15, -0.1) is 0 Å². The van der Waals surface area contributed by atoms with Gasteiger partial charge in [-0.3, -0.25) is 5.41 Å². The zero-order valence-electron chi connectivity index (χ0n) is 14.7. The summed E-state index contributed by atoms with van der Waals surface area (Å²) in [5, 5.41) is 39.1. The van der Waals surface area contributed by atoms with Crippen LogP contribution >= 0.6 is 15.9 Å². The maximum Gasteiger partial charge on any atom is 0.217 e. The minimum Gasteiger partial charge on any atom is -0.447 e. The fraction of sp³-hybridized carbons (Fsp3) is 0.500. The molecule has 6 nitrogen and oxygen atoms in total. The van der Waals surface area contributed by atoms with Gasteiger partial charge in [0.05, 0.1) is 24.1 Å². The molecule has 3 fully saturated rings. The fourth-order valence-electron chi connectivity index (χ4n) is 5.00. The van der Waals surface area contributed by atoms with Gasteiger partial charge in [0.2, 0.25) is 17.1 Å². The Morgan fingerprint density at radius 1 is 1.19 bits per heavy atom. The lowest BCUT2D eigenvalue weighted by atomic mass is 9.50. The van der Waals surface area contributed by atoms with Gasteiger partial charge in [0.25, 0.3) is 0 Å². The molecule has 3 aliphatic rings. The molecule has 2 aliphatic heterocycles.